The molecule has 0 radical (unpaired) electrons. The van der Waals surface area contributed by atoms with E-state index in [1.807, 2.05) is 18.2 Å². The molecule has 2 aliphatic rings. The summed E-state index contributed by atoms with van der Waals surface area (Å²) in [6.45, 7) is 1.36. The van der Waals surface area contributed by atoms with Crippen LogP contribution in [0.2, 0.25) is 0 Å². The number of fused-ring (bicyclic) bond motifs is 1. The number of likely N-dealkylation sites (tertiary alicyclic amines) is 1. The van der Waals surface area contributed by atoms with Gasteiger partial charge in [0.1, 0.15) is 0 Å². The minimum atomic E-state index is -0.505. The molecule has 1 amide bonds. The summed E-state index contributed by atoms with van der Waals surface area (Å²) < 4.78 is 10.5. The van der Waals surface area contributed by atoms with Gasteiger partial charge in [-0.3, -0.25) is 4.79 Å². The predicted molar refractivity (Wildman–Crippen MR) is 63.5 cm³/mol. The summed E-state index contributed by atoms with van der Waals surface area (Å²) in [5, 5.41) is 9.40. The minimum Gasteiger partial charge on any atom is -0.454 e. The normalized spacial score (nSPS) is 21.7. The summed E-state index contributed by atoms with van der Waals surface area (Å²) in [5.74, 6) is 1.56. The van der Waals surface area contributed by atoms with Crippen LogP contribution in [-0.2, 0) is 11.2 Å². The van der Waals surface area contributed by atoms with Crippen molar-refractivity contribution in [2.45, 2.75) is 18.9 Å². The van der Waals surface area contributed by atoms with Crippen LogP contribution in [0.1, 0.15) is 12.0 Å². The van der Waals surface area contributed by atoms with Crippen LogP contribution in [0.5, 0.6) is 11.5 Å². The first-order chi connectivity index (χ1) is 8.72. The van der Waals surface area contributed by atoms with Crippen LogP contribution in [0.25, 0.3) is 0 Å². The smallest absolute Gasteiger partial charge is 0.231 e. The number of rotatable bonds is 3. The molecule has 1 atom stereocenters. The van der Waals surface area contributed by atoms with E-state index in [0.29, 0.717) is 13.1 Å². The Bertz CT molecular complexity index is 474. The molecule has 0 bridgehead atoms. The second kappa shape index (κ2) is 4.49. The highest BCUT2D eigenvalue weighted by Crippen LogP contribution is 2.32. The van der Waals surface area contributed by atoms with Crippen LogP contribution in [0, 0.1) is 0 Å². The highest BCUT2D eigenvalue weighted by atomic mass is 16.7. The topological polar surface area (TPSA) is 59.0 Å². The molecule has 5 heteroatoms. The van der Waals surface area contributed by atoms with E-state index < -0.39 is 6.10 Å². The Labute approximate surface area is 105 Å². The van der Waals surface area contributed by atoms with Gasteiger partial charge in [0.15, 0.2) is 11.5 Å². The zero-order valence-corrected chi connectivity index (χ0v) is 9.96. The first-order valence-corrected chi connectivity index (χ1v) is 6.07. The van der Waals surface area contributed by atoms with E-state index in [-0.39, 0.29) is 19.1 Å². The molecule has 1 N–H and O–H groups in total. The minimum absolute atomic E-state index is 0.0308. The first-order valence-electron chi connectivity index (χ1n) is 6.07. The van der Waals surface area contributed by atoms with Crippen molar-refractivity contribution < 1.29 is 19.4 Å². The molecule has 0 aromatic heterocycles. The molecule has 2 heterocycles. The van der Waals surface area contributed by atoms with Crippen LogP contribution in [0.15, 0.2) is 18.2 Å². The molecule has 1 saturated heterocycles. The van der Waals surface area contributed by atoms with Crippen LogP contribution < -0.4 is 9.47 Å². The third kappa shape index (κ3) is 2.13. The van der Waals surface area contributed by atoms with Crippen LogP contribution in [0.4, 0.5) is 0 Å². The van der Waals surface area contributed by atoms with Gasteiger partial charge in [0.2, 0.25) is 12.7 Å². The van der Waals surface area contributed by atoms with E-state index in [1.165, 1.54) is 0 Å². The van der Waals surface area contributed by atoms with E-state index in [0.717, 1.165) is 23.5 Å². The van der Waals surface area contributed by atoms with Gasteiger partial charge in [-0.2, -0.15) is 0 Å². The Kier molecular flexibility index (Phi) is 2.83. The molecule has 2 aliphatic heterocycles. The number of carbonyl (C=O) groups excluding carboxylic acids is 1. The average Bonchev–Trinajstić information content (AvgIpc) is 2.92. The van der Waals surface area contributed by atoms with Gasteiger partial charge in [-0.1, -0.05) is 6.07 Å². The lowest BCUT2D eigenvalue weighted by Crippen LogP contribution is -2.28. The summed E-state index contributed by atoms with van der Waals surface area (Å²) in [6.07, 6.45) is 0.505. The lowest BCUT2D eigenvalue weighted by molar-refractivity contribution is -0.127. The van der Waals surface area contributed by atoms with Crippen molar-refractivity contribution in [2.24, 2.45) is 0 Å². The molecule has 0 spiro atoms. The lowest BCUT2D eigenvalue weighted by Gasteiger charge is -2.15. The second-order valence-corrected chi connectivity index (χ2v) is 4.64. The Morgan fingerprint density at radius 3 is 2.94 bits per heavy atom. The Morgan fingerprint density at radius 1 is 1.33 bits per heavy atom. The largest absolute Gasteiger partial charge is 0.454 e. The van der Waals surface area contributed by atoms with Gasteiger partial charge in [-0.25, -0.2) is 0 Å². The van der Waals surface area contributed by atoms with E-state index in [2.05, 4.69) is 0 Å². The summed E-state index contributed by atoms with van der Waals surface area (Å²) >= 11 is 0. The molecular weight excluding hydrogens is 234 g/mol. The molecule has 0 saturated carbocycles. The summed E-state index contributed by atoms with van der Waals surface area (Å²) in [7, 11) is 0. The number of hydrogen-bond donors (Lipinski definition) is 1. The number of carbonyl (C=O) groups is 1. The Balaban J connectivity index is 1.62. The quantitative estimate of drug-likeness (QED) is 0.850. The summed E-state index contributed by atoms with van der Waals surface area (Å²) in [4.78, 5) is 13.2. The van der Waals surface area contributed by atoms with Gasteiger partial charge in [0.05, 0.1) is 12.5 Å². The molecule has 1 unspecified atom stereocenters. The van der Waals surface area contributed by atoms with E-state index in [1.54, 1.807) is 4.90 Å². The van der Waals surface area contributed by atoms with Crippen molar-refractivity contribution in [3.05, 3.63) is 23.8 Å². The van der Waals surface area contributed by atoms with Gasteiger partial charge in [-0.15, -0.1) is 0 Å². The molecule has 18 heavy (non-hydrogen) atoms. The standard InChI is InChI=1S/C13H15NO4/c15-10-6-13(16)14(7-10)4-3-9-1-2-11-12(5-9)18-8-17-11/h1-2,5,10,15H,3-4,6-8H2. The molecule has 3 rings (SSSR count). The fraction of sp³-hybridized carbons (Fsp3) is 0.462. The Hall–Kier alpha value is -1.75. The van der Waals surface area contributed by atoms with Crippen LogP contribution >= 0.6 is 0 Å². The molecule has 1 aromatic rings. The molecule has 96 valence electrons. The fourth-order valence-electron chi connectivity index (χ4n) is 2.33. The number of β-amino-alcohol motifs (C(OH)–C–C–N with tert-alkyl or cyclic N) is 1. The number of amides is 1. The second-order valence-electron chi connectivity index (χ2n) is 4.64. The van der Waals surface area contributed by atoms with Crippen molar-refractivity contribution in [2.75, 3.05) is 19.9 Å². The number of nitrogens with zero attached hydrogens (tertiary/aromatic N) is 1. The lowest BCUT2D eigenvalue weighted by atomic mass is 10.1. The van der Waals surface area contributed by atoms with Crippen molar-refractivity contribution in [1.82, 2.24) is 4.90 Å². The van der Waals surface area contributed by atoms with Crippen molar-refractivity contribution in [3.8, 4) is 11.5 Å². The van der Waals surface area contributed by atoms with Crippen molar-refractivity contribution >= 4 is 5.91 Å². The molecule has 5 nitrogen and oxygen atoms in total. The van der Waals surface area contributed by atoms with Gasteiger partial charge in [-0.05, 0) is 24.1 Å². The number of aliphatic hydroxyl groups excluding tert-OH is 1. The average molecular weight is 249 g/mol. The third-order valence-corrected chi connectivity index (χ3v) is 3.30. The fourth-order valence-corrected chi connectivity index (χ4v) is 2.33. The highest BCUT2D eigenvalue weighted by molar-refractivity contribution is 5.79. The van der Waals surface area contributed by atoms with Gasteiger partial charge in [0.25, 0.3) is 0 Å². The maximum Gasteiger partial charge on any atom is 0.231 e. The molecule has 0 aliphatic carbocycles. The van der Waals surface area contributed by atoms with E-state index >= 15 is 0 Å². The zero-order chi connectivity index (χ0) is 12.5. The van der Waals surface area contributed by atoms with Gasteiger partial charge in [0, 0.05) is 13.1 Å². The maximum absolute atomic E-state index is 11.5. The molecule has 1 aromatic carbocycles. The molecular formula is C13H15NO4. The number of ether oxygens (including phenoxy) is 2. The van der Waals surface area contributed by atoms with E-state index in [9.17, 15) is 9.90 Å². The third-order valence-electron chi connectivity index (χ3n) is 3.30. The number of hydrogen-bond acceptors (Lipinski definition) is 4. The van der Waals surface area contributed by atoms with Crippen molar-refractivity contribution in [3.63, 3.8) is 0 Å². The SMILES string of the molecule is O=C1CC(O)CN1CCc1ccc2c(c1)OCO2. The Morgan fingerprint density at radius 2 is 2.17 bits per heavy atom. The molecule has 1 fully saturated rings. The van der Waals surface area contributed by atoms with Crippen molar-refractivity contribution in [1.29, 1.82) is 0 Å². The predicted octanol–water partition coefficient (Wildman–Crippen LogP) is 0.551. The highest BCUT2D eigenvalue weighted by Gasteiger charge is 2.27. The number of benzene rings is 1. The summed E-state index contributed by atoms with van der Waals surface area (Å²) in [5.41, 5.74) is 1.11. The summed E-state index contributed by atoms with van der Waals surface area (Å²) in [6, 6.07) is 5.81. The number of aliphatic hydroxyl groups is 1. The van der Waals surface area contributed by atoms with Crippen LogP contribution in [0.3, 0.4) is 0 Å². The first kappa shape index (κ1) is 11.3. The zero-order valence-electron chi connectivity index (χ0n) is 9.96. The van der Waals surface area contributed by atoms with Gasteiger partial charge < -0.3 is 19.5 Å². The maximum atomic E-state index is 11.5. The van der Waals surface area contributed by atoms with E-state index in [4.69, 9.17) is 9.47 Å². The van der Waals surface area contributed by atoms with Crippen LogP contribution in [-0.4, -0.2) is 41.9 Å². The van der Waals surface area contributed by atoms with Gasteiger partial charge >= 0.3 is 0 Å². The monoisotopic (exact) mass is 249 g/mol.